The lowest BCUT2D eigenvalue weighted by Crippen LogP contribution is -2.50. The van der Waals surface area contributed by atoms with E-state index in [9.17, 15) is 10.1 Å². The zero-order chi connectivity index (χ0) is 27.2. The van der Waals surface area contributed by atoms with Gasteiger partial charge in [-0.1, -0.05) is 6.07 Å². The maximum absolute atomic E-state index is 13.2. The number of likely N-dealkylation sites (tertiary alicyclic amines) is 1. The summed E-state index contributed by atoms with van der Waals surface area (Å²) in [6.45, 7) is 5.02. The van der Waals surface area contributed by atoms with Gasteiger partial charge in [0.1, 0.15) is 17.6 Å². The summed E-state index contributed by atoms with van der Waals surface area (Å²) < 4.78 is 16.4. The van der Waals surface area contributed by atoms with Gasteiger partial charge >= 0.3 is 0 Å². The number of carbonyl (C=O) groups is 1. The summed E-state index contributed by atoms with van der Waals surface area (Å²) in [6.07, 6.45) is 5.35. The van der Waals surface area contributed by atoms with Gasteiger partial charge in [-0.3, -0.25) is 9.69 Å². The Morgan fingerprint density at radius 1 is 0.974 bits per heavy atom. The third-order valence-electron chi connectivity index (χ3n) is 7.32. The molecule has 1 aromatic heterocycles. The highest BCUT2D eigenvalue weighted by molar-refractivity contribution is 5.95. The molecule has 5 rings (SSSR count). The number of rotatable bonds is 7. The average molecular weight is 529 g/mol. The first-order valence-electron chi connectivity index (χ1n) is 13.1. The number of aromatic nitrogens is 2. The molecule has 0 atom stereocenters. The molecular formula is C29H32N6O4. The standard InChI is InChI=1S/C29H32N6O4/c1-37-26-15-20(3-4-22(26)17-30)23-18-31-29(32-19-23)33-25-6-5-21(16-27(25)38-2)28(36)35-9-7-24(8-10-35)34-11-13-39-14-12-34/h3-6,15-16,18-19,24H,7-14H2,1-2H3,(H,31,32,33). The number of benzene rings is 2. The fourth-order valence-electron chi connectivity index (χ4n) is 5.11. The topological polar surface area (TPSA) is 113 Å². The van der Waals surface area contributed by atoms with Crippen molar-refractivity contribution in [2.45, 2.75) is 18.9 Å². The first-order chi connectivity index (χ1) is 19.1. The number of carbonyl (C=O) groups excluding carboxylic acids is 1. The Bertz CT molecular complexity index is 1340. The minimum atomic E-state index is 0.0127. The SMILES string of the molecule is COc1cc(-c2cnc(Nc3ccc(C(=O)N4CCC(N5CCOCC5)CC4)cc3OC)nc2)ccc1C#N. The molecular weight excluding hydrogens is 496 g/mol. The highest BCUT2D eigenvalue weighted by Gasteiger charge is 2.28. The molecule has 2 aliphatic rings. The summed E-state index contributed by atoms with van der Waals surface area (Å²) in [7, 11) is 3.11. The van der Waals surface area contributed by atoms with Gasteiger partial charge in [0.2, 0.25) is 5.95 Å². The summed E-state index contributed by atoms with van der Waals surface area (Å²) in [5.74, 6) is 1.44. The number of piperidine rings is 1. The van der Waals surface area contributed by atoms with Crippen LogP contribution < -0.4 is 14.8 Å². The largest absolute Gasteiger partial charge is 0.495 e. The van der Waals surface area contributed by atoms with E-state index in [1.165, 1.54) is 7.11 Å². The lowest BCUT2D eigenvalue weighted by atomic mass is 10.0. The predicted octanol–water partition coefficient (Wildman–Crippen LogP) is 3.71. The Kier molecular flexibility index (Phi) is 8.20. The van der Waals surface area contributed by atoms with E-state index in [0.717, 1.165) is 63.4 Å². The Balaban J connectivity index is 1.23. The van der Waals surface area contributed by atoms with E-state index in [1.54, 1.807) is 43.8 Å². The summed E-state index contributed by atoms with van der Waals surface area (Å²) in [5, 5.41) is 12.4. The third kappa shape index (κ3) is 5.95. The summed E-state index contributed by atoms with van der Waals surface area (Å²) in [4.78, 5) is 26.5. The van der Waals surface area contributed by atoms with Crippen molar-refractivity contribution in [1.82, 2.24) is 19.8 Å². The van der Waals surface area contributed by atoms with E-state index >= 15 is 0 Å². The molecule has 2 aliphatic heterocycles. The summed E-state index contributed by atoms with van der Waals surface area (Å²) in [6, 6.07) is 13.3. The van der Waals surface area contributed by atoms with Crippen molar-refractivity contribution in [2.24, 2.45) is 0 Å². The van der Waals surface area contributed by atoms with Crippen LogP contribution in [0.15, 0.2) is 48.8 Å². The van der Waals surface area contributed by atoms with Gasteiger partial charge in [-0.25, -0.2) is 9.97 Å². The summed E-state index contributed by atoms with van der Waals surface area (Å²) >= 11 is 0. The molecule has 0 aliphatic carbocycles. The minimum Gasteiger partial charge on any atom is -0.495 e. The van der Waals surface area contributed by atoms with Crippen LogP contribution in [0.2, 0.25) is 0 Å². The van der Waals surface area contributed by atoms with E-state index in [1.807, 2.05) is 17.0 Å². The van der Waals surface area contributed by atoms with Crippen molar-refractivity contribution in [3.8, 4) is 28.7 Å². The average Bonchev–Trinajstić information content (AvgIpc) is 3.01. The number of ether oxygens (including phenoxy) is 3. The van der Waals surface area contributed by atoms with Gasteiger partial charge in [0.25, 0.3) is 5.91 Å². The number of anilines is 2. The van der Waals surface area contributed by atoms with Crippen LogP contribution in [0.5, 0.6) is 11.5 Å². The van der Waals surface area contributed by atoms with Crippen LogP contribution in [0.4, 0.5) is 11.6 Å². The molecule has 39 heavy (non-hydrogen) atoms. The zero-order valence-electron chi connectivity index (χ0n) is 22.2. The molecule has 0 saturated carbocycles. The minimum absolute atomic E-state index is 0.0127. The Labute approximate surface area is 228 Å². The van der Waals surface area contributed by atoms with Gasteiger partial charge in [0, 0.05) is 55.7 Å². The van der Waals surface area contributed by atoms with Crippen LogP contribution in [0.1, 0.15) is 28.8 Å². The zero-order valence-corrected chi connectivity index (χ0v) is 22.2. The van der Waals surface area contributed by atoms with Crippen LogP contribution in [-0.4, -0.2) is 85.3 Å². The van der Waals surface area contributed by atoms with Crippen LogP contribution in [0.25, 0.3) is 11.1 Å². The molecule has 3 heterocycles. The quantitative estimate of drug-likeness (QED) is 0.490. The molecule has 0 radical (unpaired) electrons. The third-order valence-corrected chi connectivity index (χ3v) is 7.32. The highest BCUT2D eigenvalue weighted by atomic mass is 16.5. The van der Waals surface area contributed by atoms with Crippen molar-refractivity contribution in [3.05, 3.63) is 59.9 Å². The second-order valence-corrected chi connectivity index (χ2v) is 9.53. The van der Waals surface area contributed by atoms with E-state index in [0.29, 0.717) is 40.3 Å². The van der Waals surface area contributed by atoms with Crippen molar-refractivity contribution >= 4 is 17.5 Å². The van der Waals surface area contributed by atoms with Gasteiger partial charge in [0.05, 0.1) is 38.7 Å². The van der Waals surface area contributed by atoms with Crippen molar-refractivity contribution in [3.63, 3.8) is 0 Å². The normalized spacial score (nSPS) is 16.4. The van der Waals surface area contributed by atoms with Crippen molar-refractivity contribution < 1.29 is 19.0 Å². The number of hydrogen-bond acceptors (Lipinski definition) is 9. The molecule has 10 heteroatoms. The Hall–Kier alpha value is -4.20. The molecule has 1 N–H and O–H groups in total. The van der Waals surface area contributed by atoms with Gasteiger partial charge in [-0.15, -0.1) is 0 Å². The molecule has 2 saturated heterocycles. The molecule has 3 aromatic rings. The van der Waals surface area contributed by atoms with Crippen LogP contribution in [0, 0.1) is 11.3 Å². The van der Waals surface area contributed by atoms with Gasteiger partial charge in [0.15, 0.2) is 0 Å². The van der Waals surface area contributed by atoms with Crippen molar-refractivity contribution in [1.29, 1.82) is 5.26 Å². The van der Waals surface area contributed by atoms with Crippen molar-refractivity contribution in [2.75, 3.05) is 58.9 Å². The number of hydrogen-bond donors (Lipinski definition) is 1. The fraction of sp³-hybridized carbons (Fsp3) is 0.379. The van der Waals surface area contributed by atoms with Gasteiger partial charge < -0.3 is 24.4 Å². The van der Waals surface area contributed by atoms with Crippen LogP contribution in [-0.2, 0) is 4.74 Å². The monoisotopic (exact) mass is 528 g/mol. The molecule has 202 valence electrons. The number of morpholine rings is 1. The second-order valence-electron chi connectivity index (χ2n) is 9.53. The number of methoxy groups -OCH3 is 2. The number of nitriles is 1. The number of amides is 1. The molecule has 0 bridgehead atoms. The number of nitrogens with one attached hydrogen (secondary N) is 1. The maximum Gasteiger partial charge on any atom is 0.253 e. The van der Waals surface area contributed by atoms with Crippen LogP contribution in [0.3, 0.4) is 0 Å². The first kappa shape index (κ1) is 26.4. The molecule has 0 unspecified atom stereocenters. The van der Waals surface area contributed by atoms with E-state index in [-0.39, 0.29) is 5.91 Å². The molecule has 10 nitrogen and oxygen atoms in total. The van der Waals surface area contributed by atoms with Gasteiger partial charge in [-0.2, -0.15) is 5.26 Å². The fourth-order valence-corrected chi connectivity index (χ4v) is 5.11. The molecule has 0 spiro atoms. The first-order valence-corrected chi connectivity index (χ1v) is 13.1. The summed E-state index contributed by atoms with van der Waals surface area (Å²) in [5.41, 5.74) is 3.34. The molecule has 2 fully saturated rings. The van der Waals surface area contributed by atoms with E-state index in [4.69, 9.17) is 14.2 Å². The predicted molar refractivity (Wildman–Crippen MR) is 146 cm³/mol. The molecule has 1 amide bonds. The van der Waals surface area contributed by atoms with E-state index in [2.05, 4.69) is 26.3 Å². The Morgan fingerprint density at radius 2 is 1.69 bits per heavy atom. The Morgan fingerprint density at radius 3 is 2.36 bits per heavy atom. The molecule has 2 aromatic carbocycles. The lowest BCUT2D eigenvalue weighted by Gasteiger charge is -2.40. The number of nitrogens with zero attached hydrogens (tertiary/aromatic N) is 5. The lowest BCUT2D eigenvalue weighted by molar-refractivity contribution is 0.00159. The van der Waals surface area contributed by atoms with Crippen LogP contribution >= 0.6 is 0 Å². The maximum atomic E-state index is 13.2. The highest BCUT2D eigenvalue weighted by Crippen LogP contribution is 2.30. The second kappa shape index (κ2) is 12.1. The van der Waals surface area contributed by atoms with E-state index < -0.39 is 0 Å². The van der Waals surface area contributed by atoms with Gasteiger partial charge in [-0.05, 0) is 48.7 Å². The smallest absolute Gasteiger partial charge is 0.253 e.